The topological polar surface area (TPSA) is 116 Å². The summed E-state index contributed by atoms with van der Waals surface area (Å²) in [5.41, 5.74) is 6.46. The zero-order valence-electron chi connectivity index (χ0n) is 10.6. The molecule has 2 aromatic heterocycles. The number of hydrogen-bond acceptors (Lipinski definition) is 6. The van der Waals surface area contributed by atoms with Gasteiger partial charge in [-0.2, -0.15) is 5.10 Å². The minimum atomic E-state index is -3.72. The fraction of sp³-hybridized carbons (Fsp3) is 0.364. The summed E-state index contributed by atoms with van der Waals surface area (Å²) in [7, 11) is -3.72. The summed E-state index contributed by atoms with van der Waals surface area (Å²) in [4.78, 5) is 3.96. The third-order valence-electron chi connectivity index (χ3n) is 3.07. The summed E-state index contributed by atoms with van der Waals surface area (Å²) in [6.45, 7) is 0.301. The van der Waals surface area contributed by atoms with Crippen molar-refractivity contribution >= 4 is 16.0 Å². The second-order valence-corrected chi connectivity index (χ2v) is 6.26. The lowest BCUT2D eigenvalue weighted by Gasteiger charge is -2.04. The van der Waals surface area contributed by atoms with Crippen LogP contribution in [-0.4, -0.2) is 28.2 Å². The summed E-state index contributed by atoms with van der Waals surface area (Å²) in [6.07, 6.45) is 6.46. The number of nitrogens with two attached hydrogens (primary N) is 1. The molecule has 20 heavy (non-hydrogen) atoms. The molecule has 1 fully saturated rings. The Morgan fingerprint density at radius 1 is 1.40 bits per heavy atom. The summed E-state index contributed by atoms with van der Waals surface area (Å²) in [5.74, 6) is -0.0547. The molecule has 1 aliphatic carbocycles. The van der Waals surface area contributed by atoms with Gasteiger partial charge in [-0.05, 0) is 18.9 Å². The highest BCUT2D eigenvalue weighted by Crippen LogP contribution is 2.37. The van der Waals surface area contributed by atoms with Crippen molar-refractivity contribution in [1.29, 1.82) is 0 Å². The average molecular weight is 294 g/mol. The fourth-order valence-electron chi connectivity index (χ4n) is 1.97. The zero-order valence-corrected chi connectivity index (χ0v) is 11.4. The Morgan fingerprint density at radius 3 is 2.80 bits per heavy atom. The first kappa shape index (κ1) is 13.0. The van der Waals surface area contributed by atoms with Crippen LogP contribution in [0.1, 0.15) is 24.6 Å². The fourth-order valence-corrected chi connectivity index (χ4v) is 2.97. The molecule has 0 amide bonds. The van der Waals surface area contributed by atoms with Crippen LogP contribution in [0.25, 0.3) is 0 Å². The normalized spacial score (nSPS) is 15.2. The molecule has 8 nitrogen and oxygen atoms in total. The molecule has 2 heterocycles. The molecule has 0 radical (unpaired) electrons. The monoisotopic (exact) mass is 294 g/mol. The van der Waals surface area contributed by atoms with Crippen molar-refractivity contribution in [1.82, 2.24) is 19.7 Å². The predicted octanol–water partition coefficient (Wildman–Crippen LogP) is 0.267. The molecule has 0 saturated heterocycles. The van der Waals surface area contributed by atoms with E-state index in [1.165, 1.54) is 12.4 Å². The van der Waals surface area contributed by atoms with E-state index in [9.17, 15) is 8.42 Å². The van der Waals surface area contributed by atoms with Gasteiger partial charge in [0.15, 0.2) is 0 Å². The Hall–Kier alpha value is -2.00. The SMILES string of the molecule is NCc1cc(S(=O)(=O)Nc2nccnn2)cn1C1CC1. The van der Waals surface area contributed by atoms with Gasteiger partial charge in [0.25, 0.3) is 16.0 Å². The van der Waals surface area contributed by atoms with Crippen LogP contribution in [0.15, 0.2) is 29.6 Å². The number of nitrogens with one attached hydrogen (secondary N) is 1. The van der Waals surface area contributed by atoms with Crippen molar-refractivity contribution in [3.63, 3.8) is 0 Å². The molecule has 106 valence electrons. The lowest BCUT2D eigenvalue weighted by atomic mass is 10.4. The van der Waals surface area contributed by atoms with E-state index in [4.69, 9.17) is 5.73 Å². The van der Waals surface area contributed by atoms with E-state index in [2.05, 4.69) is 19.9 Å². The lowest BCUT2D eigenvalue weighted by Crippen LogP contribution is -2.14. The molecule has 2 aromatic rings. The third kappa shape index (κ3) is 2.49. The molecular formula is C11H14N6O2S. The Labute approximate surface area is 116 Å². The largest absolute Gasteiger partial charge is 0.346 e. The van der Waals surface area contributed by atoms with Gasteiger partial charge >= 0.3 is 0 Å². The van der Waals surface area contributed by atoms with Gasteiger partial charge in [0.05, 0.1) is 12.4 Å². The lowest BCUT2D eigenvalue weighted by molar-refractivity contribution is 0.600. The smallest absolute Gasteiger partial charge is 0.265 e. The van der Waals surface area contributed by atoms with Crippen molar-refractivity contribution in [2.24, 2.45) is 5.73 Å². The molecule has 1 aliphatic rings. The second-order valence-electron chi connectivity index (χ2n) is 4.58. The highest BCUT2D eigenvalue weighted by Gasteiger charge is 2.28. The van der Waals surface area contributed by atoms with Crippen molar-refractivity contribution in [3.8, 4) is 0 Å². The van der Waals surface area contributed by atoms with Crippen LogP contribution in [0.4, 0.5) is 5.95 Å². The van der Waals surface area contributed by atoms with E-state index in [1.807, 2.05) is 4.57 Å². The van der Waals surface area contributed by atoms with E-state index in [-0.39, 0.29) is 10.8 Å². The van der Waals surface area contributed by atoms with Gasteiger partial charge in [-0.15, -0.1) is 5.10 Å². The first-order valence-corrected chi connectivity index (χ1v) is 7.66. The molecule has 0 spiro atoms. The van der Waals surface area contributed by atoms with Crippen LogP contribution < -0.4 is 10.5 Å². The Morgan fingerprint density at radius 2 is 2.20 bits per heavy atom. The predicted molar refractivity (Wildman–Crippen MR) is 71.2 cm³/mol. The van der Waals surface area contributed by atoms with Crippen LogP contribution >= 0.6 is 0 Å². The van der Waals surface area contributed by atoms with Gasteiger partial charge in [0.1, 0.15) is 4.90 Å². The van der Waals surface area contributed by atoms with Gasteiger partial charge in [0.2, 0.25) is 0 Å². The maximum absolute atomic E-state index is 12.3. The molecule has 3 rings (SSSR count). The van der Waals surface area contributed by atoms with Crippen LogP contribution in [0.3, 0.4) is 0 Å². The summed E-state index contributed by atoms with van der Waals surface area (Å²) < 4.78 is 28.7. The van der Waals surface area contributed by atoms with Crippen molar-refractivity contribution in [2.45, 2.75) is 30.3 Å². The van der Waals surface area contributed by atoms with Crippen LogP contribution in [0, 0.1) is 0 Å². The van der Waals surface area contributed by atoms with Crippen LogP contribution in [0.2, 0.25) is 0 Å². The summed E-state index contributed by atoms with van der Waals surface area (Å²) in [5, 5.41) is 7.18. The Balaban J connectivity index is 1.91. The molecule has 3 N–H and O–H groups in total. The number of anilines is 1. The van der Waals surface area contributed by atoms with Crippen molar-refractivity contribution in [2.75, 3.05) is 4.72 Å². The van der Waals surface area contributed by atoms with Gasteiger partial charge in [-0.1, -0.05) is 0 Å². The van der Waals surface area contributed by atoms with E-state index >= 15 is 0 Å². The number of rotatable bonds is 5. The third-order valence-corrected chi connectivity index (χ3v) is 4.37. The van der Waals surface area contributed by atoms with Gasteiger partial charge in [-0.25, -0.2) is 18.1 Å². The average Bonchev–Trinajstić information content (AvgIpc) is 3.18. The van der Waals surface area contributed by atoms with Gasteiger partial charge in [-0.3, -0.25) is 0 Å². The molecule has 0 aromatic carbocycles. The summed E-state index contributed by atoms with van der Waals surface area (Å²) >= 11 is 0. The quantitative estimate of drug-likeness (QED) is 0.817. The van der Waals surface area contributed by atoms with Crippen molar-refractivity contribution in [3.05, 3.63) is 30.4 Å². The zero-order chi connectivity index (χ0) is 14.2. The maximum Gasteiger partial charge on any atom is 0.265 e. The summed E-state index contributed by atoms with van der Waals surface area (Å²) in [6, 6.07) is 1.95. The van der Waals surface area contributed by atoms with E-state index in [0.29, 0.717) is 12.6 Å². The molecule has 9 heteroatoms. The number of sulfonamides is 1. The highest BCUT2D eigenvalue weighted by atomic mass is 32.2. The first-order chi connectivity index (χ1) is 9.60. The molecule has 0 aliphatic heterocycles. The van der Waals surface area contributed by atoms with E-state index < -0.39 is 10.0 Å². The van der Waals surface area contributed by atoms with E-state index in [0.717, 1.165) is 18.5 Å². The molecule has 0 bridgehead atoms. The standard InChI is InChI=1S/C11H14N6O2S/c12-6-9-5-10(7-17(9)8-1-2-8)20(18,19)16-11-13-3-4-14-15-11/h3-5,7-8H,1-2,6,12H2,(H,13,15,16). The second kappa shape index (κ2) is 4.84. The Bertz CT molecular complexity index is 708. The van der Waals surface area contributed by atoms with Gasteiger partial charge < -0.3 is 10.3 Å². The number of nitrogens with zero attached hydrogens (tertiary/aromatic N) is 4. The van der Waals surface area contributed by atoms with Crippen LogP contribution in [0.5, 0.6) is 0 Å². The Kier molecular flexibility index (Phi) is 3.14. The highest BCUT2D eigenvalue weighted by molar-refractivity contribution is 7.92. The van der Waals surface area contributed by atoms with Gasteiger partial charge in [0, 0.05) is 24.5 Å². The molecule has 0 unspecified atom stereocenters. The molecule has 1 saturated carbocycles. The number of hydrogen-bond donors (Lipinski definition) is 2. The minimum Gasteiger partial charge on any atom is -0.346 e. The molecular weight excluding hydrogens is 280 g/mol. The maximum atomic E-state index is 12.3. The van der Waals surface area contributed by atoms with E-state index in [1.54, 1.807) is 12.3 Å². The minimum absolute atomic E-state index is 0.0547. The number of aromatic nitrogens is 4. The van der Waals surface area contributed by atoms with Crippen LogP contribution in [-0.2, 0) is 16.6 Å². The molecule has 0 atom stereocenters. The van der Waals surface area contributed by atoms with Crippen molar-refractivity contribution < 1.29 is 8.42 Å². The first-order valence-electron chi connectivity index (χ1n) is 6.17.